The Balaban J connectivity index is 1.88. The van der Waals surface area contributed by atoms with E-state index in [0.717, 1.165) is 0 Å². The molecule has 0 N–H and O–H groups in total. The van der Waals surface area contributed by atoms with Crippen LogP contribution >= 0.6 is 0 Å². The number of aromatic nitrogens is 1. The van der Waals surface area contributed by atoms with Crippen molar-refractivity contribution in [2.45, 2.75) is 0 Å². The maximum Gasteiger partial charge on any atom is 0.0619 e. The second-order valence-electron chi connectivity index (χ2n) is 8.96. The highest BCUT2D eigenvalue weighted by molar-refractivity contribution is 6.37. The number of fused-ring (bicyclic) bond motifs is 15. The highest BCUT2D eigenvalue weighted by atomic mass is 14.9. The minimum atomic E-state index is 1.27. The molecule has 0 aliphatic carbocycles. The smallest absolute Gasteiger partial charge is 0.0619 e. The molecule has 0 unspecified atom stereocenters. The van der Waals surface area contributed by atoms with Crippen molar-refractivity contribution in [3.63, 3.8) is 0 Å². The average Bonchev–Trinajstić information content (AvgIpc) is 3.28. The van der Waals surface area contributed by atoms with Gasteiger partial charge in [0.1, 0.15) is 0 Å². The van der Waals surface area contributed by atoms with Crippen LogP contribution in [0.3, 0.4) is 0 Å². The third-order valence-electron chi connectivity index (χ3n) is 7.31. The molecule has 0 atom stereocenters. The molecule has 1 heteroatoms. The lowest BCUT2D eigenvalue weighted by molar-refractivity contribution is 1.31. The number of benzene rings is 6. The van der Waals surface area contributed by atoms with Crippen molar-refractivity contribution in [3.8, 4) is 0 Å². The Bertz CT molecular complexity index is 2070. The maximum absolute atomic E-state index is 2.45. The highest BCUT2D eigenvalue weighted by Crippen LogP contribution is 2.44. The van der Waals surface area contributed by atoms with Gasteiger partial charge in [0.25, 0.3) is 0 Å². The van der Waals surface area contributed by atoms with Crippen LogP contribution < -0.4 is 0 Å². The normalized spacial score (nSPS) is 12.2. The van der Waals surface area contributed by atoms with Gasteiger partial charge in [-0.15, -0.1) is 0 Å². The predicted octanol–water partition coefficient (Wildman–Crippen LogP) is 8.86. The number of hydrogen-bond acceptors (Lipinski definition) is 0. The fourth-order valence-electron chi connectivity index (χ4n) is 5.97. The Morgan fingerprint density at radius 1 is 0.333 bits per heavy atom. The van der Waals surface area contributed by atoms with Crippen LogP contribution in [0.5, 0.6) is 0 Å². The van der Waals surface area contributed by atoms with Crippen molar-refractivity contribution >= 4 is 70.3 Å². The molecule has 0 aliphatic rings. The van der Waals surface area contributed by atoms with Crippen molar-refractivity contribution in [3.05, 3.63) is 115 Å². The van der Waals surface area contributed by atoms with Crippen LogP contribution in [-0.2, 0) is 0 Å². The third-order valence-corrected chi connectivity index (χ3v) is 7.31. The molecule has 1 nitrogen and oxygen atoms in total. The zero-order valence-electron chi connectivity index (χ0n) is 17.9. The summed E-state index contributed by atoms with van der Waals surface area (Å²) in [6.45, 7) is 0. The van der Waals surface area contributed by atoms with E-state index in [9.17, 15) is 0 Å². The van der Waals surface area contributed by atoms with Crippen LogP contribution in [0.15, 0.2) is 115 Å². The summed E-state index contributed by atoms with van der Waals surface area (Å²) in [6.07, 6.45) is 2.32. The molecule has 2 heterocycles. The van der Waals surface area contributed by atoms with E-state index < -0.39 is 0 Å². The van der Waals surface area contributed by atoms with Gasteiger partial charge in [-0.1, -0.05) is 109 Å². The second-order valence-corrected chi connectivity index (χ2v) is 8.96. The van der Waals surface area contributed by atoms with E-state index in [4.69, 9.17) is 0 Å². The molecule has 0 amide bonds. The van der Waals surface area contributed by atoms with Crippen LogP contribution in [0, 0.1) is 0 Å². The monoisotopic (exact) mass is 417 g/mol. The molecular weight excluding hydrogens is 398 g/mol. The first-order valence-electron chi connectivity index (χ1n) is 11.5. The van der Waals surface area contributed by atoms with Crippen LogP contribution in [-0.4, -0.2) is 4.40 Å². The van der Waals surface area contributed by atoms with Gasteiger partial charge in [0.05, 0.1) is 11.0 Å². The van der Waals surface area contributed by atoms with Crippen molar-refractivity contribution in [2.24, 2.45) is 0 Å². The minimum absolute atomic E-state index is 1.27. The van der Waals surface area contributed by atoms with Gasteiger partial charge in [0.2, 0.25) is 0 Å². The first-order valence-corrected chi connectivity index (χ1v) is 11.5. The summed E-state index contributed by atoms with van der Waals surface area (Å²) in [5.41, 5.74) is 2.58. The Morgan fingerprint density at radius 3 is 1.70 bits per heavy atom. The lowest BCUT2D eigenvalue weighted by atomic mass is 9.91. The van der Waals surface area contributed by atoms with Crippen molar-refractivity contribution < 1.29 is 0 Å². The molecule has 152 valence electrons. The van der Waals surface area contributed by atoms with Gasteiger partial charge in [-0.3, -0.25) is 0 Å². The SMILES string of the molecule is c1ccc2c(c1)ccc1c2c2c3ccccc3c3ccccc3c2n2cc3ccccc3c12. The van der Waals surface area contributed by atoms with E-state index in [1.807, 2.05) is 0 Å². The topological polar surface area (TPSA) is 4.41 Å². The Labute approximate surface area is 190 Å². The van der Waals surface area contributed by atoms with Crippen LogP contribution in [0.2, 0.25) is 0 Å². The Kier molecular flexibility index (Phi) is 3.19. The Hall–Kier alpha value is -4.36. The number of hydrogen-bond donors (Lipinski definition) is 0. The summed E-state index contributed by atoms with van der Waals surface area (Å²) < 4.78 is 2.45. The molecule has 8 aromatic rings. The molecule has 0 spiro atoms. The Morgan fingerprint density at radius 2 is 0.909 bits per heavy atom. The van der Waals surface area contributed by atoms with E-state index in [1.54, 1.807) is 0 Å². The molecule has 0 fully saturated rings. The van der Waals surface area contributed by atoms with Crippen molar-refractivity contribution in [1.82, 2.24) is 4.40 Å². The average molecular weight is 418 g/mol. The first-order chi connectivity index (χ1) is 16.4. The molecule has 0 saturated carbocycles. The van der Waals surface area contributed by atoms with Crippen LogP contribution in [0.4, 0.5) is 0 Å². The first kappa shape index (κ1) is 17.2. The predicted molar refractivity (Wildman–Crippen MR) is 142 cm³/mol. The maximum atomic E-state index is 2.45. The van der Waals surface area contributed by atoms with Gasteiger partial charge in [-0.25, -0.2) is 0 Å². The zero-order valence-corrected chi connectivity index (χ0v) is 17.9. The van der Waals surface area contributed by atoms with Gasteiger partial charge >= 0.3 is 0 Å². The largest absolute Gasteiger partial charge is 0.314 e. The molecule has 0 aliphatic heterocycles. The van der Waals surface area contributed by atoms with Gasteiger partial charge < -0.3 is 4.40 Å². The van der Waals surface area contributed by atoms with Gasteiger partial charge in [0, 0.05) is 38.5 Å². The quantitative estimate of drug-likeness (QED) is 0.217. The summed E-state index contributed by atoms with van der Waals surface area (Å²) >= 11 is 0. The summed E-state index contributed by atoms with van der Waals surface area (Å²) in [5, 5.41) is 14.4. The lowest BCUT2D eigenvalue weighted by Crippen LogP contribution is -1.94. The standard InChI is InChI=1S/C32H19N/c1-3-11-22-20(9-1)17-18-28-29(22)30-26-15-7-5-13-24(26)25-14-6-8-16-27(25)32(30)33-19-21-10-2-4-12-23(21)31(28)33/h1-19H. The molecule has 6 aromatic carbocycles. The lowest BCUT2D eigenvalue weighted by Gasteiger charge is -2.17. The number of nitrogens with zero attached hydrogens (tertiary/aromatic N) is 1. The molecule has 0 saturated heterocycles. The van der Waals surface area contributed by atoms with E-state index in [-0.39, 0.29) is 0 Å². The van der Waals surface area contributed by atoms with Gasteiger partial charge in [0.15, 0.2) is 0 Å². The van der Waals surface area contributed by atoms with Crippen LogP contribution in [0.25, 0.3) is 70.3 Å². The molecule has 0 radical (unpaired) electrons. The fraction of sp³-hybridized carbons (Fsp3) is 0. The van der Waals surface area contributed by atoms with E-state index in [2.05, 4.69) is 120 Å². The van der Waals surface area contributed by atoms with E-state index in [0.29, 0.717) is 0 Å². The van der Waals surface area contributed by atoms with Gasteiger partial charge in [-0.05, 0) is 26.9 Å². The molecule has 8 rings (SSSR count). The molecule has 33 heavy (non-hydrogen) atoms. The van der Waals surface area contributed by atoms with Crippen molar-refractivity contribution in [1.29, 1.82) is 0 Å². The molecule has 2 aromatic heterocycles. The fourth-order valence-corrected chi connectivity index (χ4v) is 5.97. The molecular formula is C32H19N. The summed E-state index contributed by atoms with van der Waals surface area (Å²) in [7, 11) is 0. The van der Waals surface area contributed by atoms with Crippen LogP contribution in [0.1, 0.15) is 0 Å². The highest BCUT2D eigenvalue weighted by Gasteiger charge is 2.19. The van der Waals surface area contributed by atoms with E-state index in [1.165, 1.54) is 70.3 Å². The van der Waals surface area contributed by atoms with E-state index >= 15 is 0 Å². The van der Waals surface area contributed by atoms with Gasteiger partial charge in [-0.2, -0.15) is 0 Å². The summed E-state index contributed by atoms with van der Waals surface area (Å²) in [4.78, 5) is 0. The van der Waals surface area contributed by atoms with Crippen molar-refractivity contribution in [2.75, 3.05) is 0 Å². The number of rotatable bonds is 0. The number of pyridine rings is 1. The molecule has 0 bridgehead atoms. The minimum Gasteiger partial charge on any atom is -0.314 e. The second kappa shape index (κ2) is 6.11. The summed E-state index contributed by atoms with van der Waals surface area (Å²) in [6, 6.07) is 39.9. The summed E-state index contributed by atoms with van der Waals surface area (Å²) in [5.74, 6) is 0. The zero-order chi connectivity index (χ0) is 21.5. The third kappa shape index (κ3) is 2.12.